The Morgan fingerprint density at radius 3 is 2.68 bits per heavy atom. The Balaban J connectivity index is 1.70. The number of fused-ring (bicyclic) bond motifs is 1. The van der Waals surface area contributed by atoms with Crippen molar-refractivity contribution < 1.29 is 14.3 Å². The Kier molecular flexibility index (Phi) is 4.14. The lowest BCUT2D eigenvalue weighted by molar-refractivity contribution is -0.139. The minimum atomic E-state index is -0.236. The van der Waals surface area contributed by atoms with Gasteiger partial charge in [0.15, 0.2) is 0 Å². The molecule has 114 valence electrons. The number of ether oxygens (including phenoxy) is 2. The summed E-state index contributed by atoms with van der Waals surface area (Å²) >= 11 is 0. The molecule has 3 rings (SSSR count). The van der Waals surface area contributed by atoms with E-state index in [1.807, 2.05) is 18.2 Å². The number of aryl methyl sites for hydroxylation is 1. The molecule has 0 radical (unpaired) electrons. The molecule has 0 N–H and O–H groups in total. The second kappa shape index (κ2) is 6.22. The van der Waals surface area contributed by atoms with E-state index >= 15 is 0 Å². The Labute approximate surface area is 130 Å². The van der Waals surface area contributed by atoms with Crippen molar-refractivity contribution in [3.05, 3.63) is 54.1 Å². The summed E-state index contributed by atoms with van der Waals surface area (Å²) in [7, 11) is 1.70. The van der Waals surface area contributed by atoms with E-state index in [4.69, 9.17) is 9.47 Å². The lowest BCUT2D eigenvalue weighted by Gasteiger charge is -2.12. The third-order valence-electron chi connectivity index (χ3n) is 4.20. The van der Waals surface area contributed by atoms with Gasteiger partial charge < -0.3 is 9.47 Å². The van der Waals surface area contributed by atoms with Crippen LogP contribution in [0.3, 0.4) is 0 Å². The third-order valence-corrected chi connectivity index (χ3v) is 4.20. The molecule has 1 fully saturated rings. The zero-order valence-corrected chi connectivity index (χ0v) is 12.8. The van der Waals surface area contributed by atoms with Crippen LogP contribution in [0.2, 0.25) is 0 Å². The van der Waals surface area contributed by atoms with Gasteiger partial charge in [0, 0.05) is 17.4 Å². The van der Waals surface area contributed by atoms with Gasteiger partial charge in [-0.05, 0) is 36.3 Å². The standard InChI is InChI=1S/C19H20O3/c1-13-12-15(22-19(13)20)7-5-6-14-10-11-18(21-2)17-9-4-3-8-16(14)17/h3-4,8-11,15H,1,5-7,12H2,2H3. The van der Waals surface area contributed by atoms with Crippen LogP contribution in [-0.4, -0.2) is 19.2 Å². The van der Waals surface area contributed by atoms with E-state index in [-0.39, 0.29) is 12.1 Å². The Bertz CT molecular complexity index is 702. The first-order valence-corrected chi connectivity index (χ1v) is 7.62. The lowest BCUT2D eigenvalue weighted by Crippen LogP contribution is -2.07. The molecule has 1 atom stereocenters. The molecular weight excluding hydrogens is 276 g/mol. The number of carbonyl (C=O) groups excluding carboxylic acids is 1. The second-order valence-corrected chi connectivity index (χ2v) is 5.70. The van der Waals surface area contributed by atoms with Gasteiger partial charge in [0.05, 0.1) is 7.11 Å². The highest BCUT2D eigenvalue weighted by Crippen LogP contribution is 2.30. The first-order chi connectivity index (χ1) is 10.7. The van der Waals surface area contributed by atoms with Crippen molar-refractivity contribution >= 4 is 16.7 Å². The molecule has 3 nitrogen and oxygen atoms in total. The average Bonchev–Trinajstić information content (AvgIpc) is 2.86. The van der Waals surface area contributed by atoms with Gasteiger partial charge in [0.1, 0.15) is 11.9 Å². The van der Waals surface area contributed by atoms with Gasteiger partial charge in [0.25, 0.3) is 0 Å². The molecule has 1 heterocycles. The molecule has 0 saturated carbocycles. The summed E-state index contributed by atoms with van der Waals surface area (Å²) in [5.41, 5.74) is 1.90. The van der Waals surface area contributed by atoms with E-state index in [0.29, 0.717) is 12.0 Å². The summed E-state index contributed by atoms with van der Waals surface area (Å²) in [5, 5.41) is 2.37. The van der Waals surface area contributed by atoms with E-state index < -0.39 is 0 Å². The zero-order chi connectivity index (χ0) is 15.5. The van der Waals surface area contributed by atoms with Gasteiger partial charge in [-0.25, -0.2) is 4.79 Å². The molecule has 0 aromatic heterocycles. The van der Waals surface area contributed by atoms with Crippen LogP contribution in [0.4, 0.5) is 0 Å². The highest BCUT2D eigenvalue weighted by molar-refractivity contribution is 5.91. The van der Waals surface area contributed by atoms with Crippen LogP contribution in [0.5, 0.6) is 5.75 Å². The Hall–Kier alpha value is -2.29. The molecule has 1 unspecified atom stereocenters. The number of carbonyl (C=O) groups is 1. The Morgan fingerprint density at radius 2 is 2.00 bits per heavy atom. The summed E-state index contributed by atoms with van der Waals surface area (Å²) in [6.45, 7) is 3.72. The number of hydrogen-bond donors (Lipinski definition) is 0. The van der Waals surface area contributed by atoms with Crippen LogP contribution in [0, 0.1) is 0 Å². The molecule has 0 aliphatic carbocycles. The molecule has 1 saturated heterocycles. The fraction of sp³-hybridized carbons (Fsp3) is 0.316. The van der Waals surface area contributed by atoms with Gasteiger partial charge in [-0.1, -0.05) is 36.9 Å². The van der Waals surface area contributed by atoms with Crippen molar-refractivity contribution in [2.24, 2.45) is 0 Å². The highest BCUT2D eigenvalue weighted by atomic mass is 16.5. The van der Waals surface area contributed by atoms with Crippen LogP contribution in [0.1, 0.15) is 24.8 Å². The zero-order valence-electron chi connectivity index (χ0n) is 12.8. The van der Waals surface area contributed by atoms with Crippen LogP contribution in [0.15, 0.2) is 48.6 Å². The van der Waals surface area contributed by atoms with E-state index in [1.165, 1.54) is 10.9 Å². The molecule has 22 heavy (non-hydrogen) atoms. The van der Waals surface area contributed by atoms with E-state index in [0.717, 1.165) is 30.4 Å². The number of rotatable bonds is 5. The highest BCUT2D eigenvalue weighted by Gasteiger charge is 2.26. The summed E-state index contributed by atoms with van der Waals surface area (Å²) < 4.78 is 10.7. The first kappa shape index (κ1) is 14.6. The van der Waals surface area contributed by atoms with Crippen molar-refractivity contribution in [3.8, 4) is 5.75 Å². The molecule has 1 aliphatic heterocycles. The van der Waals surface area contributed by atoms with Crippen molar-refractivity contribution in [2.45, 2.75) is 31.8 Å². The van der Waals surface area contributed by atoms with Gasteiger partial charge >= 0.3 is 5.97 Å². The number of benzene rings is 2. The van der Waals surface area contributed by atoms with Gasteiger partial charge in [0.2, 0.25) is 0 Å². The monoisotopic (exact) mass is 296 g/mol. The largest absolute Gasteiger partial charge is 0.496 e. The number of hydrogen-bond acceptors (Lipinski definition) is 3. The van der Waals surface area contributed by atoms with Crippen molar-refractivity contribution in [1.82, 2.24) is 0 Å². The minimum Gasteiger partial charge on any atom is -0.496 e. The molecule has 0 spiro atoms. The van der Waals surface area contributed by atoms with Crippen LogP contribution < -0.4 is 4.74 Å². The maximum absolute atomic E-state index is 11.3. The molecule has 2 aromatic rings. The molecule has 3 heteroatoms. The van der Waals surface area contributed by atoms with Crippen molar-refractivity contribution in [1.29, 1.82) is 0 Å². The fourth-order valence-corrected chi connectivity index (χ4v) is 3.05. The lowest BCUT2D eigenvalue weighted by atomic mass is 9.98. The maximum atomic E-state index is 11.3. The van der Waals surface area contributed by atoms with Crippen LogP contribution in [0.25, 0.3) is 10.8 Å². The molecule has 1 aliphatic rings. The van der Waals surface area contributed by atoms with E-state index in [2.05, 4.69) is 24.8 Å². The second-order valence-electron chi connectivity index (χ2n) is 5.70. The third kappa shape index (κ3) is 2.84. The Morgan fingerprint density at radius 1 is 1.23 bits per heavy atom. The summed E-state index contributed by atoms with van der Waals surface area (Å²) in [6.07, 6.45) is 3.50. The average molecular weight is 296 g/mol. The number of esters is 1. The smallest absolute Gasteiger partial charge is 0.333 e. The molecular formula is C19H20O3. The number of cyclic esters (lactones) is 1. The maximum Gasteiger partial charge on any atom is 0.333 e. The first-order valence-electron chi connectivity index (χ1n) is 7.62. The van der Waals surface area contributed by atoms with Crippen molar-refractivity contribution in [3.63, 3.8) is 0 Å². The van der Waals surface area contributed by atoms with E-state index in [9.17, 15) is 4.79 Å². The van der Waals surface area contributed by atoms with Gasteiger partial charge in [-0.3, -0.25) is 0 Å². The van der Waals surface area contributed by atoms with Gasteiger partial charge in [-0.15, -0.1) is 0 Å². The SMILES string of the molecule is C=C1CC(CCCc2ccc(OC)c3ccccc23)OC1=O. The fourth-order valence-electron chi connectivity index (χ4n) is 3.05. The molecule has 0 bridgehead atoms. The minimum absolute atomic E-state index is 0.00418. The quantitative estimate of drug-likeness (QED) is 0.617. The summed E-state index contributed by atoms with van der Waals surface area (Å²) in [4.78, 5) is 11.3. The molecule has 0 amide bonds. The topological polar surface area (TPSA) is 35.5 Å². The summed E-state index contributed by atoms with van der Waals surface area (Å²) in [6, 6.07) is 12.4. The van der Waals surface area contributed by atoms with Crippen LogP contribution in [-0.2, 0) is 16.0 Å². The summed E-state index contributed by atoms with van der Waals surface area (Å²) in [5.74, 6) is 0.667. The van der Waals surface area contributed by atoms with Crippen LogP contribution >= 0.6 is 0 Å². The van der Waals surface area contributed by atoms with Crippen molar-refractivity contribution in [2.75, 3.05) is 7.11 Å². The van der Waals surface area contributed by atoms with E-state index in [1.54, 1.807) is 7.11 Å². The van der Waals surface area contributed by atoms with Gasteiger partial charge in [-0.2, -0.15) is 0 Å². The predicted octanol–water partition coefficient (Wildman–Crippen LogP) is 4.04. The molecule has 2 aromatic carbocycles. The normalized spacial score (nSPS) is 17.8. The predicted molar refractivity (Wildman–Crippen MR) is 87.1 cm³/mol. The number of methoxy groups -OCH3 is 1.